The zero-order valence-corrected chi connectivity index (χ0v) is 14.5. The van der Waals surface area contributed by atoms with Crippen LogP contribution in [0.1, 0.15) is 48.0 Å². The first kappa shape index (κ1) is 18.1. The van der Waals surface area contributed by atoms with Gasteiger partial charge in [0.25, 0.3) is 0 Å². The molecule has 1 heterocycles. The Hall–Kier alpha value is -2.70. The second-order valence-electron chi connectivity index (χ2n) is 6.80. The summed E-state index contributed by atoms with van der Waals surface area (Å²) < 4.78 is 5.17. The van der Waals surface area contributed by atoms with Crippen molar-refractivity contribution in [3.63, 3.8) is 0 Å². The summed E-state index contributed by atoms with van der Waals surface area (Å²) in [6.07, 6.45) is 3.46. The van der Waals surface area contributed by atoms with Gasteiger partial charge in [0.05, 0.1) is 18.3 Å². The number of benzene rings is 1. The van der Waals surface area contributed by atoms with Crippen molar-refractivity contribution in [3.05, 3.63) is 35.4 Å². The molecular weight excluding hydrogens is 336 g/mol. The van der Waals surface area contributed by atoms with Crippen LogP contribution in [0.15, 0.2) is 24.3 Å². The van der Waals surface area contributed by atoms with Crippen LogP contribution in [0.2, 0.25) is 0 Å². The molecule has 3 amide bonds. The van der Waals surface area contributed by atoms with Crippen LogP contribution in [0.25, 0.3) is 0 Å². The van der Waals surface area contributed by atoms with E-state index in [0.29, 0.717) is 5.56 Å². The van der Waals surface area contributed by atoms with Gasteiger partial charge in [-0.1, -0.05) is 25.0 Å². The molecule has 7 heteroatoms. The van der Waals surface area contributed by atoms with Gasteiger partial charge in [0.15, 0.2) is 0 Å². The van der Waals surface area contributed by atoms with Crippen LogP contribution in [0.4, 0.5) is 0 Å². The molecule has 7 nitrogen and oxygen atoms in total. The fourth-order valence-electron chi connectivity index (χ4n) is 3.66. The number of nitrogens with zero attached hydrogens (tertiary/aromatic N) is 1. The highest BCUT2D eigenvalue weighted by Gasteiger charge is 2.47. The summed E-state index contributed by atoms with van der Waals surface area (Å²) in [6.45, 7) is 0.134. The summed E-state index contributed by atoms with van der Waals surface area (Å²) in [5, 5.41) is 0. The fraction of sp³-hybridized carbons (Fsp3) is 0.474. The number of nitrogens with two attached hydrogens (primary N) is 1. The Labute approximate surface area is 151 Å². The highest BCUT2D eigenvalue weighted by molar-refractivity contribution is 6.05. The maximum Gasteiger partial charge on any atom is 0.307 e. The van der Waals surface area contributed by atoms with E-state index >= 15 is 0 Å². The highest BCUT2D eigenvalue weighted by atomic mass is 16.5. The molecule has 2 atom stereocenters. The lowest BCUT2D eigenvalue weighted by molar-refractivity contribution is -0.146. The molecule has 1 aliphatic heterocycles. The molecule has 0 aromatic heterocycles. The average Bonchev–Trinajstić information content (AvgIpc) is 2.89. The number of carbonyl (C=O) groups is 4. The van der Waals surface area contributed by atoms with Crippen molar-refractivity contribution < 1.29 is 23.9 Å². The van der Waals surface area contributed by atoms with Gasteiger partial charge < -0.3 is 10.5 Å². The van der Waals surface area contributed by atoms with Gasteiger partial charge >= 0.3 is 5.97 Å². The Morgan fingerprint density at radius 2 is 1.62 bits per heavy atom. The zero-order chi connectivity index (χ0) is 18.7. The molecule has 0 bridgehead atoms. The number of likely N-dealkylation sites (tertiary alicyclic amines) is 1. The van der Waals surface area contributed by atoms with Crippen molar-refractivity contribution in [1.29, 1.82) is 0 Å². The van der Waals surface area contributed by atoms with Crippen molar-refractivity contribution >= 4 is 23.7 Å². The number of ether oxygens (including phenoxy) is 1. The molecule has 1 saturated carbocycles. The minimum atomic E-state index is -0.519. The van der Waals surface area contributed by atoms with E-state index in [0.717, 1.165) is 31.2 Å². The van der Waals surface area contributed by atoms with Crippen LogP contribution in [-0.2, 0) is 25.7 Å². The number of hydrogen-bond acceptors (Lipinski definition) is 5. The maximum atomic E-state index is 12.3. The van der Waals surface area contributed by atoms with E-state index in [4.69, 9.17) is 10.5 Å². The van der Waals surface area contributed by atoms with E-state index in [1.165, 1.54) is 4.90 Å². The lowest BCUT2D eigenvalue weighted by Crippen LogP contribution is -2.33. The highest BCUT2D eigenvalue weighted by Crippen LogP contribution is 2.37. The van der Waals surface area contributed by atoms with Crippen LogP contribution in [0, 0.1) is 11.8 Å². The topological polar surface area (TPSA) is 107 Å². The minimum absolute atomic E-state index is 0.0176. The van der Waals surface area contributed by atoms with Crippen molar-refractivity contribution in [2.75, 3.05) is 6.54 Å². The molecule has 2 fully saturated rings. The molecule has 0 radical (unpaired) electrons. The first-order valence-electron chi connectivity index (χ1n) is 8.87. The normalized spacial score (nSPS) is 22.2. The van der Waals surface area contributed by atoms with Crippen molar-refractivity contribution in [2.45, 2.75) is 38.7 Å². The molecule has 3 rings (SSSR count). The van der Waals surface area contributed by atoms with Crippen molar-refractivity contribution in [2.24, 2.45) is 17.6 Å². The minimum Gasteiger partial charge on any atom is -0.461 e. The summed E-state index contributed by atoms with van der Waals surface area (Å²) >= 11 is 0. The maximum absolute atomic E-state index is 12.3. The van der Waals surface area contributed by atoms with E-state index < -0.39 is 11.9 Å². The number of fused-ring (bicyclic) bond motifs is 1. The van der Waals surface area contributed by atoms with Crippen molar-refractivity contribution in [3.8, 4) is 0 Å². The second-order valence-corrected chi connectivity index (χ2v) is 6.80. The van der Waals surface area contributed by atoms with E-state index in [9.17, 15) is 19.2 Å². The Balaban J connectivity index is 1.47. The first-order valence-corrected chi connectivity index (χ1v) is 8.87. The average molecular weight is 358 g/mol. The van der Waals surface area contributed by atoms with E-state index in [2.05, 4.69) is 0 Å². The quantitative estimate of drug-likeness (QED) is 0.611. The summed E-state index contributed by atoms with van der Waals surface area (Å²) in [5.74, 6) is -1.68. The number of carbonyl (C=O) groups excluding carboxylic acids is 4. The molecular formula is C19H22N2O5. The Bertz CT molecular complexity index is 704. The van der Waals surface area contributed by atoms with Crippen LogP contribution in [0.3, 0.4) is 0 Å². The number of amides is 3. The lowest BCUT2D eigenvalue weighted by atomic mass is 9.81. The predicted octanol–water partition coefficient (Wildman–Crippen LogP) is 1.39. The van der Waals surface area contributed by atoms with Gasteiger partial charge in [-0.05, 0) is 30.5 Å². The number of imide groups is 1. The van der Waals surface area contributed by atoms with Gasteiger partial charge in [0, 0.05) is 12.1 Å². The fourth-order valence-corrected chi connectivity index (χ4v) is 3.66. The van der Waals surface area contributed by atoms with Gasteiger partial charge in [-0.25, -0.2) is 0 Å². The van der Waals surface area contributed by atoms with Crippen molar-refractivity contribution in [1.82, 2.24) is 4.90 Å². The number of rotatable bonds is 6. The van der Waals surface area contributed by atoms with Gasteiger partial charge in [-0.3, -0.25) is 24.1 Å². The Morgan fingerprint density at radius 3 is 2.15 bits per heavy atom. The Kier molecular flexibility index (Phi) is 5.35. The molecule has 138 valence electrons. The SMILES string of the molecule is NC(=O)c1ccc(COC(=O)CCN2C(=O)[C@H]3CCCC[C@H]3C2=O)cc1. The molecule has 1 aromatic rings. The standard InChI is InChI=1S/C19H22N2O5/c20-17(23)13-7-5-12(6-8-13)11-26-16(22)9-10-21-18(24)14-3-1-2-4-15(14)19(21)25/h5-8,14-15H,1-4,9-11H2,(H2,20,23)/t14-,15+. The molecule has 0 spiro atoms. The molecule has 1 saturated heterocycles. The molecule has 26 heavy (non-hydrogen) atoms. The molecule has 0 unspecified atom stereocenters. The van der Waals surface area contributed by atoms with E-state index in [-0.39, 0.29) is 43.2 Å². The number of esters is 1. The van der Waals surface area contributed by atoms with Crippen LogP contribution < -0.4 is 5.73 Å². The smallest absolute Gasteiger partial charge is 0.307 e. The van der Waals surface area contributed by atoms with Gasteiger partial charge in [-0.15, -0.1) is 0 Å². The third-order valence-corrected chi connectivity index (χ3v) is 5.11. The largest absolute Gasteiger partial charge is 0.461 e. The predicted molar refractivity (Wildman–Crippen MR) is 91.5 cm³/mol. The summed E-state index contributed by atoms with van der Waals surface area (Å²) in [6, 6.07) is 6.45. The lowest BCUT2D eigenvalue weighted by Gasteiger charge is -2.19. The number of hydrogen-bond donors (Lipinski definition) is 1. The number of primary amides is 1. The van der Waals surface area contributed by atoms with E-state index in [1.54, 1.807) is 24.3 Å². The second kappa shape index (κ2) is 7.68. The molecule has 2 N–H and O–H groups in total. The molecule has 2 aliphatic rings. The van der Waals surface area contributed by atoms with E-state index in [1.807, 2.05) is 0 Å². The monoisotopic (exact) mass is 358 g/mol. The third-order valence-electron chi connectivity index (χ3n) is 5.11. The summed E-state index contributed by atoms with van der Waals surface area (Å²) in [4.78, 5) is 48.9. The van der Waals surface area contributed by atoms with Gasteiger partial charge in [0.1, 0.15) is 6.61 Å². The van der Waals surface area contributed by atoms with Gasteiger partial charge in [-0.2, -0.15) is 0 Å². The summed E-state index contributed by atoms with van der Waals surface area (Å²) in [7, 11) is 0. The van der Waals surface area contributed by atoms with Gasteiger partial charge in [0.2, 0.25) is 17.7 Å². The third kappa shape index (κ3) is 3.76. The van der Waals surface area contributed by atoms with Crippen LogP contribution in [0.5, 0.6) is 0 Å². The molecule has 1 aliphatic carbocycles. The first-order chi connectivity index (χ1) is 12.5. The Morgan fingerprint density at radius 1 is 1.04 bits per heavy atom. The van der Waals surface area contributed by atoms with Crippen LogP contribution >= 0.6 is 0 Å². The summed E-state index contributed by atoms with van der Waals surface area (Å²) in [5.41, 5.74) is 6.27. The molecule has 1 aromatic carbocycles. The zero-order valence-electron chi connectivity index (χ0n) is 14.5. The van der Waals surface area contributed by atoms with Crippen LogP contribution in [-0.4, -0.2) is 35.1 Å².